The minimum atomic E-state index is -3.71. The first-order valence-electron chi connectivity index (χ1n) is 7.44. The van der Waals surface area contributed by atoms with Gasteiger partial charge in [0, 0.05) is 17.4 Å². The summed E-state index contributed by atoms with van der Waals surface area (Å²) in [4.78, 5) is 16.4. The summed E-state index contributed by atoms with van der Waals surface area (Å²) in [5.41, 5.74) is 1.20. The molecule has 1 amide bonds. The van der Waals surface area contributed by atoms with Crippen LogP contribution in [0, 0.1) is 0 Å². The van der Waals surface area contributed by atoms with Crippen molar-refractivity contribution in [1.29, 1.82) is 0 Å². The van der Waals surface area contributed by atoms with Gasteiger partial charge in [-0.3, -0.25) is 14.5 Å². The lowest BCUT2D eigenvalue weighted by molar-refractivity contribution is 0.102. The largest absolute Gasteiger partial charge is 0.321 e. The first-order chi connectivity index (χ1) is 12.0. The van der Waals surface area contributed by atoms with Gasteiger partial charge < -0.3 is 5.32 Å². The molecule has 0 fully saturated rings. The van der Waals surface area contributed by atoms with Crippen LogP contribution in [0.25, 0.3) is 0 Å². The monoisotopic (exact) mass is 353 g/mol. The van der Waals surface area contributed by atoms with Crippen molar-refractivity contribution < 1.29 is 13.2 Å². The highest BCUT2D eigenvalue weighted by atomic mass is 32.2. The molecule has 0 aliphatic rings. The molecule has 0 saturated heterocycles. The van der Waals surface area contributed by atoms with E-state index in [1.165, 1.54) is 24.4 Å². The molecule has 3 rings (SSSR count). The molecular formula is C18H15N3O3S. The fraction of sp³-hybridized carbons (Fsp3) is 0. The van der Waals surface area contributed by atoms with Crippen molar-refractivity contribution in [2.45, 2.75) is 4.90 Å². The van der Waals surface area contributed by atoms with Crippen LogP contribution in [0.5, 0.6) is 0 Å². The Hall–Kier alpha value is -3.19. The van der Waals surface area contributed by atoms with Crippen molar-refractivity contribution in [3.05, 3.63) is 84.7 Å². The number of aromatic nitrogens is 1. The van der Waals surface area contributed by atoms with E-state index in [0.717, 1.165) is 0 Å². The van der Waals surface area contributed by atoms with Crippen molar-refractivity contribution in [2.24, 2.45) is 0 Å². The van der Waals surface area contributed by atoms with Crippen LogP contribution in [0.3, 0.4) is 0 Å². The fourth-order valence-corrected chi connectivity index (χ4v) is 3.25. The molecule has 0 aliphatic carbocycles. The molecule has 3 aromatic rings. The highest BCUT2D eigenvalue weighted by Gasteiger charge is 2.14. The zero-order chi connectivity index (χ0) is 17.7. The Kier molecular flexibility index (Phi) is 4.76. The minimum absolute atomic E-state index is 0.153. The van der Waals surface area contributed by atoms with Crippen LogP contribution in [0.1, 0.15) is 10.4 Å². The molecule has 1 aromatic heterocycles. The van der Waals surface area contributed by atoms with E-state index >= 15 is 0 Å². The predicted octanol–water partition coefficient (Wildman–Crippen LogP) is 3.13. The number of anilines is 2. The van der Waals surface area contributed by atoms with Crippen LogP contribution >= 0.6 is 0 Å². The first-order valence-corrected chi connectivity index (χ1v) is 8.92. The van der Waals surface area contributed by atoms with E-state index in [1.54, 1.807) is 54.7 Å². The highest BCUT2D eigenvalue weighted by Crippen LogP contribution is 2.18. The van der Waals surface area contributed by atoms with Gasteiger partial charge in [0.2, 0.25) is 0 Å². The molecule has 2 aromatic carbocycles. The van der Waals surface area contributed by atoms with E-state index < -0.39 is 10.0 Å². The van der Waals surface area contributed by atoms with Crippen molar-refractivity contribution >= 4 is 27.3 Å². The van der Waals surface area contributed by atoms with Crippen LogP contribution in [-0.4, -0.2) is 19.3 Å². The number of amides is 1. The molecule has 0 spiro atoms. The summed E-state index contributed by atoms with van der Waals surface area (Å²) in [7, 11) is -3.71. The van der Waals surface area contributed by atoms with Gasteiger partial charge in [-0.2, -0.15) is 0 Å². The van der Waals surface area contributed by atoms with Crippen molar-refractivity contribution in [2.75, 3.05) is 10.0 Å². The standard InChI is InChI=1S/C18H15N3O3S/c22-18(20-16-8-5-11-19-13-16)14-6-4-7-15(12-14)21-25(23,24)17-9-2-1-3-10-17/h1-13,21H,(H,20,22). The third-order valence-electron chi connectivity index (χ3n) is 3.35. The number of nitrogens with zero attached hydrogens (tertiary/aromatic N) is 1. The Labute approximate surface area is 145 Å². The normalized spacial score (nSPS) is 10.9. The van der Waals surface area contributed by atoms with Gasteiger partial charge in [-0.25, -0.2) is 8.42 Å². The predicted molar refractivity (Wildman–Crippen MR) is 95.9 cm³/mol. The summed E-state index contributed by atoms with van der Waals surface area (Å²) >= 11 is 0. The lowest BCUT2D eigenvalue weighted by atomic mass is 10.2. The molecule has 0 bridgehead atoms. The third kappa shape index (κ3) is 4.21. The van der Waals surface area contributed by atoms with E-state index in [-0.39, 0.29) is 10.8 Å². The van der Waals surface area contributed by atoms with Crippen LogP contribution in [0.4, 0.5) is 11.4 Å². The molecule has 126 valence electrons. The number of carbonyl (C=O) groups excluding carboxylic acids is 1. The van der Waals surface area contributed by atoms with Gasteiger partial charge in [0.25, 0.3) is 15.9 Å². The summed E-state index contributed by atoms with van der Waals surface area (Å²) in [5.74, 6) is -0.353. The minimum Gasteiger partial charge on any atom is -0.321 e. The number of sulfonamides is 1. The van der Waals surface area contributed by atoms with Crippen LogP contribution in [0.15, 0.2) is 84.0 Å². The van der Waals surface area contributed by atoms with Gasteiger partial charge in [-0.1, -0.05) is 24.3 Å². The molecule has 2 N–H and O–H groups in total. The number of pyridine rings is 1. The molecule has 0 unspecified atom stereocenters. The lowest BCUT2D eigenvalue weighted by Gasteiger charge is -2.10. The first kappa shape index (κ1) is 16.7. The van der Waals surface area contributed by atoms with Gasteiger partial charge in [0.1, 0.15) is 0 Å². The van der Waals surface area contributed by atoms with E-state index in [4.69, 9.17) is 0 Å². The Morgan fingerprint density at radius 1 is 0.880 bits per heavy atom. The maximum Gasteiger partial charge on any atom is 0.261 e. The van der Waals surface area contributed by atoms with Crippen LogP contribution in [0.2, 0.25) is 0 Å². The summed E-state index contributed by atoms with van der Waals surface area (Å²) < 4.78 is 27.2. The lowest BCUT2D eigenvalue weighted by Crippen LogP contribution is -2.15. The molecule has 0 radical (unpaired) electrons. The Morgan fingerprint density at radius 3 is 2.36 bits per heavy atom. The SMILES string of the molecule is O=C(Nc1cccnc1)c1cccc(NS(=O)(=O)c2ccccc2)c1. The Balaban J connectivity index is 1.79. The molecule has 25 heavy (non-hydrogen) atoms. The van der Waals surface area contributed by atoms with Gasteiger partial charge in [0.05, 0.1) is 16.8 Å². The second kappa shape index (κ2) is 7.14. The smallest absolute Gasteiger partial charge is 0.261 e. The number of nitrogens with one attached hydrogen (secondary N) is 2. The number of rotatable bonds is 5. The zero-order valence-electron chi connectivity index (χ0n) is 13.1. The van der Waals surface area contributed by atoms with Crippen molar-refractivity contribution in [3.63, 3.8) is 0 Å². The molecule has 0 saturated carbocycles. The number of benzene rings is 2. The second-order valence-corrected chi connectivity index (χ2v) is 6.88. The molecule has 7 heteroatoms. The quantitative estimate of drug-likeness (QED) is 0.737. The van der Waals surface area contributed by atoms with Gasteiger partial charge in [0.15, 0.2) is 0 Å². The fourth-order valence-electron chi connectivity index (χ4n) is 2.18. The number of carbonyl (C=O) groups is 1. The molecular weight excluding hydrogens is 338 g/mol. The zero-order valence-corrected chi connectivity index (χ0v) is 13.9. The summed E-state index contributed by atoms with van der Waals surface area (Å²) in [6.45, 7) is 0. The van der Waals surface area contributed by atoms with Crippen molar-refractivity contribution in [3.8, 4) is 0 Å². The Bertz CT molecular complexity index is 975. The van der Waals surface area contributed by atoms with Gasteiger partial charge in [-0.05, 0) is 42.5 Å². The van der Waals surface area contributed by atoms with E-state index in [9.17, 15) is 13.2 Å². The molecule has 6 nitrogen and oxygen atoms in total. The van der Waals surface area contributed by atoms with E-state index in [2.05, 4.69) is 15.0 Å². The average Bonchev–Trinajstić information content (AvgIpc) is 2.63. The maximum atomic E-state index is 12.4. The van der Waals surface area contributed by atoms with Crippen LogP contribution < -0.4 is 10.0 Å². The molecule has 1 heterocycles. The van der Waals surface area contributed by atoms with Crippen LogP contribution in [-0.2, 0) is 10.0 Å². The summed E-state index contributed by atoms with van der Waals surface area (Å²) in [6.07, 6.45) is 3.13. The maximum absolute atomic E-state index is 12.4. The molecule has 0 aliphatic heterocycles. The molecule has 0 atom stereocenters. The van der Waals surface area contributed by atoms with E-state index in [0.29, 0.717) is 16.9 Å². The van der Waals surface area contributed by atoms with Crippen molar-refractivity contribution in [1.82, 2.24) is 4.98 Å². The second-order valence-electron chi connectivity index (χ2n) is 5.20. The number of hydrogen-bond acceptors (Lipinski definition) is 4. The van der Waals surface area contributed by atoms with Gasteiger partial charge in [-0.15, -0.1) is 0 Å². The van der Waals surface area contributed by atoms with E-state index in [1.807, 2.05) is 0 Å². The average molecular weight is 353 g/mol. The topological polar surface area (TPSA) is 88.2 Å². The summed E-state index contributed by atoms with van der Waals surface area (Å²) in [5, 5.41) is 2.70. The Morgan fingerprint density at radius 2 is 1.64 bits per heavy atom. The third-order valence-corrected chi connectivity index (χ3v) is 4.75. The van der Waals surface area contributed by atoms with Gasteiger partial charge >= 0.3 is 0 Å². The highest BCUT2D eigenvalue weighted by molar-refractivity contribution is 7.92. The number of hydrogen-bond donors (Lipinski definition) is 2. The summed E-state index contributed by atoms with van der Waals surface area (Å²) in [6, 6.07) is 17.7.